The molecular weight excluding hydrogens is 204 g/mol. The first-order valence-corrected chi connectivity index (χ1v) is 6.07. The van der Waals surface area contributed by atoms with Gasteiger partial charge >= 0.3 is 0 Å². The van der Waals surface area contributed by atoms with Gasteiger partial charge in [0.15, 0.2) is 0 Å². The van der Waals surface area contributed by atoms with Crippen LogP contribution in [0.2, 0.25) is 0 Å². The zero-order valence-electron chi connectivity index (χ0n) is 9.84. The summed E-state index contributed by atoms with van der Waals surface area (Å²) >= 11 is 0. The Bertz CT molecular complexity index is 326. The number of hydrogen-bond acceptors (Lipinski definition) is 4. The van der Waals surface area contributed by atoms with Crippen molar-refractivity contribution >= 4 is 0 Å². The Labute approximate surface area is 96.1 Å². The van der Waals surface area contributed by atoms with E-state index in [4.69, 9.17) is 5.11 Å². The lowest BCUT2D eigenvalue weighted by Gasteiger charge is -2.23. The maximum atomic E-state index is 8.92. The van der Waals surface area contributed by atoms with Gasteiger partial charge in [0, 0.05) is 6.04 Å². The third kappa shape index (κ3) is 2.59. The van der Waals surface area contributed by atoms with E-state index in [0.29, 0.717) is 11.7 Å². The predicted octanol–water partition coefficient (Wildman–Crippen LogP) is 0.645. The van der Waals surface area contributed by atoms with Crippen LogP contribution in [0.15, 0.2) is 6.20 Å². The van der Waals surface area contributed by atoms with Crippen LogP contribution in [0.1, 0.15) is 31.9 Å². The Morgan fingerprint density at radius 3 is 3.12 bits per heavy atom. The van der Waals surface area contributed by atoms with Crippen molar-refractivity contribution in [3.05, 3.63) is 11.9 Å². The van der Waals surface area contributed by atoms with Gasteiger partial charge in [0.1, 0.15) is 5.69 Å². The second-order valence-electron chi connectivity index (χ2n) is 4.42. The first-order chi connectivity index (χ1) is 7.83. The molecule has 1 aliphatic heterocycles. The molecule has 1 saturated heterocycles. The van der Waals surface area contributed by atoms with Gasteiger partial charge in [-0.1, -0.05) is 12.1 Å². The van der Waals surface area contributed by atoms with E-state index in [1.807, 2.05) is 10.9 Å². The van der Waals surface area contributed by atoms with Crippen LogP contribution < -0.4 is 0 Å². The van der Waals surface area contributed by atoms with Gasteiger partial charge in [-0.3, -0.25) is 9.58 Å². The van der Waals surface area contributed by atoms with Crippen LogP contribution in [0.5, 0.6) is 0 Å². The Kier molecular flexibility index (Phi) is 3.90. The molecule has 1 N–H and O–H groups in total. The lowest BCUT2D eigenvalue weighted by molar-refractivity contribution is 0.226. The van der Waals surface area contributed by atoms with Crippen molar-refractivity contribution in [2.45, 2.75) is 45.4 Å². The SMILES string of the molecule is CCCN1CCC[C@H]1Cn1cc(CO)nn1. The highest BCUT2D eigenvalue weighted by molar-refractivity contribution is 4.90. The van der Waals surface area contributed by atoms with Crippen molar-refractivity contribution in [2.75, 3.05) is 13.1 Å². The smallest absolute Gasteiger partial charge is 0.108 e. The molecule has 2 heterocycles. The number of nitrogens with zero attached hydrogens (tertiary/aromatic N) is 4. The summed E-state index contributed by atoms with van der Waals surface area (Å²) in [6, 6.07) is 0.591. The molecule has 5 heteroatoms. The van der Waals surface area contributed by atoms with Crippen molar-refractivity contribution in [3.63, 3.8) is 0 Å². The maximum absolute atomic E-state index is 8.92. The first kappa shape index (κ1) is 11.5. The van der Waals surface area contributed by atoms with Gasteiger partial charge in [-0.2, -0.15) is 0 Å². The minimum Gasteiger partial charge on any atom is -0.390 e. The summed E-state index contributed by atoms with van der Waals surface area (Å²) in [5.74, 6) is 0. The topological polar surface area (TPSA) is 54.2 Å². The highest BCUT2D eigenvalue weighted by Gasteiger charge is 2.24. The molecule has 0 aliphatic carbocycles. The molecule has 0 amide bonds. The van der Waals surface area contributed by atoms with Crippen LogP contribution in [0.4, 0.5) is 0 Å². The van der Waals surface area contributed by atoms with Crippen molar-refractivity contribution in [1.29, 1.82) is 0 Å². The molecule has 0 unspecified atom stereocenters. The molecule has 1 aromatic rings. The van der Waals surface area contributed by atoms with E-state index in [1.54, 1.807) is 0 Å². The Balaban J connectivity index is 1.92. The van der Waals surface area contributed by atoms with Crippen LogP contribution in [0, 0.1) is 0 Å². The second-order valence-corrected chi connectivity index (χ2v) is 4.42. The second kappa shape index (κ2) is 5.41. The molecular formula is C11H20N4O. The largest absolute Gasteiger partial charge is 0.390 e. The minimum atomic E-state index is -0.0245. The standard InChI is InChI=1S/C11H20N4O/c1-2-5-14-6-3-4-11(14)8-15-7-10(9-16)12-13-15/h7,11,16H,2-6,8-9H2,1H3/t11-/m0/s1. The molecule has 2 rings (SSSR count). The molecule has 5 nitrogen and oxygen atoms in total. The van der Waals surface area contributed by atoms with E-state index in [2.05, 4.69) is 22.1 Å². The summed E-state index contributed by atoms with van der Waals surface area (Å²) in [4.78, 5) is 2.53. The fourth-order valence-corrected chi connectivity index (χ4v) is 2.40. The van der Waals surface area contributed by atoms with E-state index in [-0.39, 0.29) is 6.61 Å². The van der Waals surface area contributed by atoms with Crippen LogP contribution >= 0.6 is 0 Å². The maximum Gasteiger partial charge on any atom is 0.108 e. The van der Waals surface area contributed by atoms with Gasteiger partial charge in [-0.25, -0.2) is 0 Å². The first-order valence-electron chi connectivity index (χ1n) is 6.07. The molecule has 0 spiro atoms. The number of aromatic nitrogens is 3. The molecule has 0 aromatic carbocycles. The molecule has 16 heavy (non-hydrogen) atoms. The third-order valence-corrected chi connectivity index (χ3v) is 3.16. The zero-order chi connectivity index (χ0) is 11.4. The summed E-state index contributed by atoms with van der Waals surface area (Å²) in [5.41, 5.74) is 0.653. The van der Waals surface area contributed by atoms with Gasteiger partial charge < -0.3 is 5.11 Å². The summed E-state index contributed by atoms with van der Waals surface area (Å²) < 4.78 is 1.85. The van der Waals surface area contributed by atoms with Crippen molar-refractivity contribution in [3.8, 4) is 0 Å². The minimum absolute atomic E-state index is 0.0245. The Hall–Kier alpha value is -0.940. The van der Waals surface area contributed by atoms with E-state index >= 15 is 0 Å². The van der Waals surface area contributed by atoms with Crippen LogP contribution in [-0.2, 0) is 13.2 Å². The van der Waals surface area contributed by atoms with E-state index in [9.17, 15) is 0 Å². The highest BCUT2D eigenvalue weighted by atomic mass is 16.3. The number of rotatable bonds is 5. The number of hydrogen-bond donors (Lipinski definition) is 1. The number of aliphatic hydroxyl groups is 1. The lowest BCUT2D eigenvalue weighted by Crippen LogP contribution is -2.33. The molecule has 0 radical (unpaired) electrons. The molecule has 90 valence electrons. The monoisotopic (exact) mass is 224 g/mol. The van der Waals surface area contributed by atoms with Gasteiger partial charge in [-0.15, -0.1) is 5.10 Å². The molecule has 1 atom stereocenters. The molecule has 0 saturated carbocycles. The van der Waals surface area contributed by atoms with Crippen molar-refractivity contribution in [1.82, 2.24) is 19.9 Å². The fourth-order valence-electron chi connectivity index (χ4n) is 2.40. The van der Waals surface area contributed by atoms with Gasteiger partial charge in [0.05, 0.1) is 19.3 Å². The molecule has 0 bridgehead atoms. The quantitative estimate of drug-likeness (QED) is 0.797. The summed E-state index contributed by atoms with van der Waals surface area (Å²) in [6.07, 6.45) is 5.57. The lowest BCUT2D eigenvalue weighted by atomic mass is 10.2. The average Bonchev–Trinajstić information content (AvgIpc) is 2.90. The predicted molar refractivity (Wildman–Crippen MR) is 60.8 cm³/mol. The summed E-state index contributed by atoms with van der Waals surface area (Å²) in [7, 11) is 0. The van der Waals surface area contributed by atoms with E-state index < -0.39 is 0 Å². The highest BCUT2D eigenvalue weighted by Crippen LogP contribution is 2.18. The van der Waals surface area contributed by atoms with E-state index in [0.717, 1.165) is 6.54 Å². The number of aliphatic hydroxyl groups excluding tert-OH is 1. The van der Waals surface area contributed by atoms with Gasteiger partial charge in [0.2, 0.25) is 0 Å². The zero-order valence-corrected chi connectivity index (χ0v) is 9.84. The van der Waals surface area contributed by atoms with Gasteiger partial charge in [0.25, 0.3) is 0 Å². The van der Waals surface area contributed by atoms with E-state index in [1.165, 1.54) is 32.4 Å². The fraction of sp³-hybridized carbons (Fsp3) is 0.818. The normalized spacial score (nSPS) is 21.8. The van der Waals surface area contributed by atoms with Crippen LogP contribution in [0.25, 0.3) is 0 Å². The van der Waals surface area contributed by atoms with Gasteiger partial charge in [-0.05, 0) is 32.4 Å². The summed E-state index contributed by atoms with van der Waals surface area (Å²) in [6.45, 7) is 5.47. The number of likely N-dealkylation sites (tertiary alicyclic amines) is 1. The van der Waals surface area contributed by atoms with Crippen LogP contribution in [-0.4, -0.2) is 44.1 Å². The molecule has 1 aromatic heterocycles. The Morgan fingerprint density at radius 1 is 1.56 bits per heavy atom. The molecule has 1 fully saturated rings. The third-order valence-electron chi connectivity index (χ3n) is 3.16. The Morgan fingerprint density at radius 2 is 2.44 bits per heavy atom. The summed E-state index contributed by atoms with van der Waals surface area (Å²) in [5, 5.41) is 16.8. The average molecular weight is 224 g/mol. The van der Waals surface area contributed by atoms with Crippen molar-refractivity contribution in [2.24, 2.45) is 0 Å². The van der Waals surface area contributed by atoms with Crippen molar-refractivity contribution < 1.29 is 5.11 Å². The van der Waals surface area contributed by atoms with Crippen LogP contribution in [0.3, 0.4) is 0 Å². The molecule has 1 aliphatic rings.